The maximum Gasteiger partial charge on any atom is 0.252 e. The zero-order valence-electron chi connectivity index (χ0n) is 46.2. The molecule has 6 aromatic carbocycles. The molecule has 6 aromatic rings. The second kappa shape index (κ2) is 13.9. The Labute approximate surface area is 422 Å². The van der Waals surface area contributed by atoms with Gasteiger partial charge in [-0.15, -0.1) is 0 Å². The van der Waals surface area contributed by atoms with Crippen molar-refractivity contribution in [2.24, 2.45) is 0 Å². The average Bonchev–Trinajstić information content (AvgIpc) is 3.62. The Morgan fingerprint density at radius 1 is 0.414 bits per heavy atom. The van der Waals surface area contributed by atoms with E-state index >= 15 is 0 Å². The van der Waals surface area contributed by atoms with E-state index in [1.165, 1.54) is 143 Å². The fourth-order valence-corrected chi connectivity index (χ4v) is 15.4. The minimum atomic E-state index is -0.199. The van der Waals surface area contributed by atoms with Gasteiger partial charge in [0.05, 0.1) is 5.69 Å². The molecular formula is C67H79BN2. The summed E-state index contributed by atoms with van der Waals surface area (Å²) in [4.78, 5) is 5.58. The molecule has 0 saturated carbocycles. The van der Waals surface area contributed by atoms with Crippen molar-refractivity contribution < 1.29 is 0 Å². The molecule has 0 N–H and O–H groups in total. The van der Waals surface area contributed by atoms with Crippen LogP contribution in [0.15, 0.2) is 91.0 Å². The maximum atomic E-state index is 2.79. The number of hydrogen-bond donors (Lipinski definition) is 0. The third kappa shape index (κ3) is 6.17. The van der Waals surface area contributed by atoms with E-state index in [2.05, 4.69) is 225 Å². The second-order valence-electron chi connectivity index (χ2n) is 28.7. The minimum absolute atomic E-state index is 0.0441. The van der Waals surface area contributed by atoms with Crippen LogP contribution in [0.1, 0.15) is 205 Å². The predicted octanol–water partition coefficient (Wildman–Crippen LogP) is 16.3. The lowest BCUT2D eigenvalue weighted by molar-refractivity contribution is 0.332. The van der Waals surface area contributed by atoms with E-state index in [-0.39, 0.29) is 50.0 Å². The predicted molar refractivity (Wildman–Crippen MR) is 303 cm³/mol. The molecule has 0 spiro atoms. The molecule has 0 bridgehead atoms. The van der Waals surface area contributed by atoms with Crippen LogP contribution in [0.3, 0.4) is 0 Å². The maximum absolute atomic E-state index is 2.79. The fraction of sp³-hybridized carbons (Fsp3) is 0.463. The van der Waals surface area contributed by atoms with Gasteiger partial charge >= 0.3 is 0 Å². The van der Waals surface area contributed by atoms with Crippen molar-refractivity contribution in [2.45, 2.75) is 200 Å². The van der Waals surface area contributed by atoms with Gasteiger partial charge in [0.15, 0.2) is 0 Å². The quantitative estimate of drug-likeness (QED) is 0.159. The molecule has 0 fully saturated rings. The lowest BCUT2D eigenvalue weighted by Gasteiger charge is -2.49. The van der Waals surface area contributed by atoms with E-state index in [1.54, 1.807) is 0 Å². The van der Waals surface area contributed by atoms with Gasteiger partial charge in [-0.05, 0) is 196 Å². The van der Waals surface area contributed by atoms with E-state index in [9.17, 15) is 0 Å². The van der Waals surface area contributed by atoms with E-state index in [1.807, 2.05) is 0 Å². The molecule has 0 amide bonds. The molecule has 0 saturated heterocycles. The zero-order valence-corrected chi connectivity index (χ0v) is 46.2. The van der Waals surface area contributed by atoms with Crippen LogP contribution in [0.25, 0.3) is 11.1 Å². The highest BCUT2D eigenvalue weighted by Gasteiger charge is 2.51. The molecule has 6 aliphatic rings. The average molecular weight is 923 g/mol. The standard InChI is InChI=1S/C67H79BN2/c1-39-30-44-47(63(9,10)28-26-61(44,5)6)35-53(39)70-55-37-49-46(65(13,14)38-66(49,15)16)34-51(55)68-50-33-45-48(64(11,12)29-27-62(45,7)8)36-54(50)69(56-31-40(60(2,3)4)32-57(70)59(56)68)52-25-21-23-42-41-22-19-20-24-43(41)67(17,18)58(42)52/h19-25,30-37H,26-29,38H2,1-18H3. The van der Waals surface area contributed by atoms with Crippen LogP contribution in [0.5, 0.6) is 0 Å². The van der Waals surface area contributed by atoms with Crippen molar-refractivity contribution in [1.29, 1.82) is 0 Å². The van der Waals surface area contributed by atoms with E-state index in [0.29, 0.717) is 0 Å². The van der Waals surface area contributed by atoms with Gasteiger partial charge in [-0.3, -0.25) is 0 Å². The SMILES string of the molecule is Cc1cc2c(cc1N1c3cc4c(cc3B3c5cc6c(cc5N(c5cccc7c5C(C)(C)c5ccccc5-7)c5cc(C(C)(C)C)cc1c53)C(C)(C)CCC6(C)C)C(C)(C)CC4(C)C)C(C)(C)CCC2(C)C. The van der Waals surface area contributed by atoms with Crippen LogP contribution in [-0.2, 0) is 43.3 Å². The molecule has 360 valence electrons. The molecule has 3 heteroatoms. The van der Waals surface area contributed by atoms with Crippen molar-refractivity contribution in [3.8, 4) is 11.1 Å². The number of fused-ring (bicyclic) bond motifs is 10. The monoisotopic (exact) mass is 923 g/mol. The Bertz CT molecular complexity index is 3290. The highest BCUT2D eigenvalue weighted by Crippen LogP contribution is 2.59. The van der Waals surface area contributed by atoms with Crippen LogP contribution in [0.4, 0.5) is 34.1 Å². The summed E-state index contributed by atoms with van der Waals surface area (Å²) in [6, 6.07) is 37.8. The lowest BCUT2D eigenvalue weighted by Crippen LogP contribution is -2.62. The first-order valence-electron chi connectivity index (χ1n) is 27.0. The minimum Gasteiger partial charge on any atom is -0.311 e. The molecule has 2 aliphatic heterocycles. The topological polar surface area (TPSA) is 6.48 Å². The Morgan fingerprint density at radius 3 is 1.37 bits per heavy atom. The largest absolute Gasteiger partial charge is 0.311 e. The zero-order chi connectivity index (χ0) is 50.0. The molecule has 2 nitrogen and oxygen atoms in total. The third-order valence-corrected chi connectivity index (χ3v) is 19.6. The first-order chi connectivity index (χ1) is 32.5. The van der Waals surface area contributed by atoms with Crippen LogP contribution in [0, 0.1) is 6.92 Å². The Morgan fingerprint density at radius 2 is 0.843 bits per heavy atom. The second-order valence-corrected chi connectivity index (χ2v) is 28.7. The summed E-state index contributed by atoms with van der Waals surface area (Å²) in [6.07, 6.45) is 5.88. The van der Waals surface area contributed by atoms with Gasteiger partial charge < -0.3 is 9.80 Å². The van der Waals surface area contributed by atoms with Crippen LogP contribution in [0.2, 0.25) is 0 Å². The number of aryl methyl sites for hydroxylation is 1. The molecule has 12 rings (SSSR count). The Hall–Kier alpha value is -5.02. The van der Waals surface area contributed by atoms with Crippen LogP contribution in [-0.4, -0.2) is 6.71 Å². The highest BCUT2D eigenvalue weighted by molar-refractivity contribution is 7.00. The van der Waals surface area contributed by atoms with E-state index in [0.717, 1.165) is 6.42 Å². The van der Waals surface area contributed by atoms with Gasteiger partial charge in [0.1, 0.15) is 0 Å². The number of hydrogen-bond acceptors (Lipinski definition) is 2. The van der Waals surface area contributed by atoms with Gasteiger partial charge in [-0.25, -0.2) is 0 Å². The lowest BCUT2D eigenvalue weighted by atomic mass is 9.32. The number of nitrogens with zero attached hydrogens (tertiary/aromatic N) is 2. The van der Waals surface area contributed by atoms with Gasteiger partial charge in [-0.1, -0.05) is 172 Å². The van der Waals surface area contributed by atoms with Crippen molar-refractivity contribution in [1.82, 2.24) is 0 Å². The molecule has 0 radical (unpaired) electrons. The molecule has 0 atom stereocenters. The summed E-state index contributed by atoms with van der Waals surface area (Å²) < 4.78 is 0. The molecule has 4 aliphatic carbocycles. The van der Waals surface area contributed by atoms with Crippen molar-refractivity contribution in [3.63, 3.8) is 0 Å². The van der Waals surface area contributed by atoms with Crippen molar-refractivity contribution >= 4 is 57.2 Å². The fourth-order valence-electron chi connectivity index (χ4n) is 15.4. The Balaban J connectivity index is 1.26. The number of benzene rings is 6. The van der Waals surface area contributed by atoms with Gasteiger partial charge in [0, 0.05) is 33.9 Å². The van der Waals surface area contributed by atoms with E-state index < -0.39 is 0 Å². The normalized spacial score (nSPS) is 21.4. The Kier molecular flexibility index (Phi) is 9.17. The molecule has 0 aromatic heterocycles. The molecular weight excluding hydrogens is 844 g/mol. The van der Waals surface area contributed by atoms with Crippen LogP contribution >= 0.6 is 0 Å². The van der Waals surface area contributed by atoms with Crippen molar-refractivity contribution in [2.75, 3.05) is 9.80 Å². The number of rotatable bonds is 2. The third-order valence-electron chi connectivity index (χ3n) is 19.6. The first-order valence-corrected chi connectivity index (χ1v) is 27.0. The first kappa shape index (κ1) is 46.1. The smallest absolute Gasteiger partial charge is 0.252 e. The van der Waals surface area contributed by atoms with E-state index in [4.69, 9.17) is 0 Å². The van der Waals surface area contributed by atoms with Gasteiger partial charge in [0.2, 0.25) is 0 Å². The molecule has 0 unspecified atom stereocenters. The summed E-state index contributed by atoms with van der Waals surface area (Å²) >= 11 is 0. The summed E-state index contributed by atoms with van der Waals surface area (Å²) in [7, 11) is 0. The molecule has 70 heavy (non-hydrogen) atoms. The van der Waals surface area contributed by atoms with Crippen LogP contribution < -0.4 is 26.2 Å². The van der Waals surface area contributed by atoms with Crippen molar-refractivity contribution in [3.05, 3.63) is 147 Å². The summed E-state index contributed by atoms with van der Waals surface area (Å²) in [5.41, 5.74) is 29.9. The summed E-state index contributed by atoms with van der Waals surface area (Å²) in [6.45, 7) is 44.7. The van der Waals surface area contributed by atoms with Gasteiger partial charge in [0.25, 0.3) is 6.71 Å². The summed E-state index contributed by atoms with van der Waals surface area (Å²) in [5.74, 6) is 0. The van der Waals surface area contributed by atoms with Gasteiger partial charge in [-0.2, -0.15) is 0 Å². The highest BCUT2D eigenvalue weighted by atomic mass is 15.2. The summed E-state index contributed by atoms with van der Waals surface area (Å²) in [5, 5.41) is 0. The number of anilines is 6. The molecule has 2 heterocycles.